The minimum absolute atomic E-state index is 0.0641. The van der Waals surface area contributed by atoms with Gasteiger partial charge in [0.15, 0.2) is 11.5 Å². The van der Waals surface area contributed by atoms with Crippen LogP contribution in [0.3, 0.4) is 0 Å². The summed E-state index contributed by atoms with van der Waals surface area (Å²) < 4.78 is 35.3. The Morgan fingerprint density at radius 3 is 1.95 bits per heavy atom. The molecule has 1 aromatic rings. The van der Waals surface area contributed by atoms with E-state index in [1.807, 2.05) is 44.4 Å². The molecule has 246 valence electrons. The van der Waals surface area contributed by atoms with Crippen LogP contribution in [0.2, 0.25) is 0 Å². The third-order valence-electron chi connectivity index (χ3n) is 8.06. The van der Waals surface area contributed by atoms with Crippen molar-refractivity contribution in [2.75, 3.05) is 40.5 Å². The van der Waals surface area contributed by atoms with Crippen molar-refractivity contribution in [3.05, 3.63) is 41.6 Å². The number of quaternary nitrogens is 1. The van der Waals surface area contributed by atoms with Gasteiger partial charge < -0.3 is 23.4 Å². The number of allylic oxidation sites excluding steroid dienone is 1. The molecule has 0 aromatic heterocycles. The van der Waals surface area contributed by atoms with Gasteiger partial charge in [-0.3, -0.25) is 13.8 Å². The van der Waals surface area contributed by atoms with Gasteiger partial charge in [-0.1, -0.05) is 121 Å². The first-order valence-corrected chi connectivity index (χ1v) is 18.1. The largest absolute Gasteiger partial charge is 0.746 e. The van der Waals surface area contributed by atoms with E-state index in [0.717, 1.165) is 37.9 Å². The summed E-state index contributed by atoms with van der Waals surface area (Å²) in [5, 5.41) is 0. The number of likely N-dealkylation sites (tertiary alicyclic amines) is 1. The normalized spacial score (nSPS) is 17.8. The maximum atomic E-state index is 13.0. The van der Waals surface area contributed by atoms with E-state index in [1.54, 1.807) is 0 Å². The predicted molar refractivity (Wildman–Crippen MR) is 171 cm³/mol. The zero-order chi connectivity index (χ0) is 31.4. The summed E-state index contributed by atoms with van der Waals surface area (Å²) >= 11 is 0. The molecule has 2 atom stereocenters. The minimum atomic E-state index is -4.76. The fourth-order valence-electron chi connectivity index (χ4n) is 5.61. The number of hydrogen-bond acceptors (Lipinski definition) is 7. The lowest BCUT2D eigenvalue weighted by molar-refractivity contribution is -0.842. The van der Waals surface area contributed by atoms with Crippen LogP contribution in [0, 0.1) is 0 Å². The van der Waals surface area contributed by atoms with E-state index >= 15 is 0 Å². The standard InChI is InChI=1S/C34H58NO7P/c1-5-6-7-8-9-10-11-12-13-14-15-16-17-21-27-39-28-32(41-30(2)36)29-40-43(37,38)42-34(31-23-19-18-20-24-31)33-25-22-26-35(33,3)4/h18-20,23-24,32H,5-17,21-22,25-29H2,1-4H3. The second-order valence-electron chi connectivity index (χ2n) is 12.4. The first kappa shape index (κ1) is 37.5. The van der Waals surface area contributed by atoms with Gasteiger partial charge in [-0.15, -0.1) is 0 Å². The Morgan fingerprint density at radius 1 is 0.884 bits per heavy atom. The molecule has 8 nitrogen and oxygen atoms in total. The Kier molecular flexibility index (Phi) is 18.4. The monoisotopic (exact) mass is 623 g/mol. The van der Waals surface area contributed by atoms with Crippen molar-refractivity contribution in [2.24, 2.45) is 0 Å². The summed E-state index contributed by atoms with van der Waals surface area (Å²) in [4.78, 5) is 24.6. The molecular weight excluding hydrogens is 565 g/mol. The molecule has 1 aromatic carbocycles. The third-order valence-corrected chi connectivity index (χ3v) is 8.93. The number of rotatable bonds is 24. The lowest BCUT2D eigenvalue weighted by atomic mass is 10.0. The maximum Gasteiger partial charge on any atom is 0.320 e. The number of carbonyl (C=O) groups excluding carboxylic acids is 1. The smallest absolute Gasteiger partial charge is 0.320 e. The molecule has 2 unspecified atom stereocenters. The van der Waals surface area contributed by atoms with Gasteiger partial charge >= 0.3 is 13.8 Å². The molecule has 1 fully saturated rings. The fraction of sp³-hybridized carbons (Fsp3) is 0.735. The van der Waals surface area contributed by atoms with E-state index in [4.69, 9.17) is 18.5 Å². The van der Waals surface area contributed by atoms with Crippen molar-refractivity contribution in [3.63, 3.8) is 0 Å². The predicted octanol–water partition coefficient (Wildman–Crippen LogP) is 8.16. The SMILES string of the molecule is CCCCCCCCCCCCCCCCOCC(COP(=O)([O-])OC(=C1CCC[N+]1(C)C)c1ccccc1)OC(C)=O. The molecule has 43 heavy (non-hydrogen) atoms. The molecule has 0 saturated carbocycles. The molecule has 0 N–H and O–H groups in total. The van der Waals surface area contributed by atoms with Gasteiger partial charge in [-0.25, -0.2) is 0 Å². The minimum Gasteiger partial charge on any atom is -0.746 e. The summed E-state index contributed by atoms with van der Waals surface area (Å²) in [6.45, 7) is 4.66. The van der Waals surface area contributed by atoms with Gasteiger partial charge in [-0.05, 0) is 6.42 Å². The van der Waals surface area contributed by atoms with Crippen LogP contribution < -0.4 is 4.89 Å². The summed E-state index contributed by atoms with van der Waals surface area (Å²) in [7, 11) is -0.683. The number of nitrogens with zero attached hydrogens (tertiary/aromatic N) is 1. The van der Waals surface area contributed by atoms with Crippen LogP contribution in [0.25, 0.3) is 5.76 Å². The molecule has 0 bridgehead atoms. The van der Waals surface area contributed by atoms with Crippen LogP contribution >= 0.6 is 7.82 Å². The lowest BCUT2D eigenvalue weighted by Gasteiger charge is -2.31. The number of phosphoric acid groups is 1. The van der Waals surface area contributed by atoms with Crippen molar-refractivity contribution in [1.29, 1.82) is 0 Å². The van der Waals surface area contributed by atoms with Crippen LogP contribution in [-0.4, -0.2) is 57.0 Å². The van der Waals surface area contributed by atoms with Crippen LogP contribution in [0.1, 0.15) is 122 Å². The second-order valence-corrected chi connectivity index (χ2v) is 13.7. The van der Waals surface area contributed by atoms with E-state index in [-0.39, 0.29) is 13.2 Å². The number of unbranched alkanes of at least 4 members (excludes halogenated alkanes) is 13. The third kappa shape index (κ3) is 16.3. The highest BCUT2D eigenvalue weighted by Gasteiger charge is 2.35. The van der Waals surface area contributed by atoms with Gasteiger partial charge in [0.1, 0.15) is 6.10 Å². The van der Waals surface area contributed by atoms with Crippen LogP contribution in [0.5, 0.6) is 0 Å². The average Bonchev–Trinajstić information content (AvgIpc) is 3.33. The number of carbonyl (C=O) groups is 1. The summed E-state index contributed by atoms with van der Waals surface area (Å²) in [6, 6.07) is 9.21. The molecule has 0 aliphatic carbocycles. The zero-order valence-electron chi connectivity index (χ0n) is 27.4. The van der Waals surface area contributed by atoms with E-state index < -0.39 is 19.9 Å². The van der Waals surface area contributed by atoms with E-state index in [2.05, 4.69) is 6.92 Å². The molecule has 1 heterocycles. The Morgan fingerprint density at radius 2 is 1.44 bits per heavy atom. The van der Waals surface area contributed by atoms with Crippen LogP contribution in [0.15, 0.2) is 36.0 Å². The van der Waals surface area contributed by atoms with E-state index in [0.29, 0.717) is 22.4 Å². The highest BCUT2D eigenvalue weighted by Crippen LogP contribution is 2.47. The topological polar surface area (TPSA) is 94.1 Å². The fourth-order valence-corrected chi connectivity index (χ4v) is 6.44. The number of phosphoric ester groups is 1. The number of ether oxygens (including phenoxy) is 2. The first-order valence-electron chi connectivity index (χ1n) is 16.7. The van der Waals surface area contributed by atoms with Crippen LogP contribution in [0.4, 0.5) is 0 Å². The zero-order valence-corrected chi connectivity index (χ0v) is 28.3. The molecule has 0 spiro atoms. The molecule has 1 aliphatic heterocycles. The quantitative estimate of drug-likeness (QED) is 0.0377. The average molecular weight is 624 g/mol. The highest BCUT2D eigenvalue weighted by molar-refractivity contribution is 7.46. The van der Waals surface area contributed by atoms with E-state index in [1.165, 1.54) is 84.0 Å². The molecule has 1 aliphatic rings. The van der Waals surface area contributed by atoms with E-state index in [9.17, 15) is 14.3 Å². The Hall–Kier alpha value is -1.70. The maximum absolute atomic E-state index is 13.0. The van der Waals surface area contributed by atoms with Crippen molar-refractivity contribution in [3.8, 4) is 0 Å². The highest BCUT2D eigenvalue weighted by atomic mass is 31.2. The molecule has 2 rings (SSSR count). The van der Waals surface area contributed by atoms with Gasteiger partial charge in [0.2, 0.25) is 0 Å². The summed E-state index contributed by atoms with van der Waals surface area (Å²) in [5.74, 6) is -0.216. The van der Waals surface area contributed by atoms with Crippen molar-refractivity contribution in [2.45, 2.75) is 123 Å². The molecule has 9 heteroatoms. The Labute approximate surface area is 261 Å². The van der Waals surface area contributed by atoms with Gasteiger partial charge in [0.25, 0.3) is 0 Å². The number of hydrogen-bond donors (Lipinski definition) is 0. The number of esters is 1. The lowest BCUT2D eigenvalue weighted by Crippen LogP contribution is -2.35. The molecule has 0 amide bonds. The first-order chi connectivity index (χ1) is 20.6. The van der Waals surface area contributed by atoms with Crippen molar-refractivity contribution >= 4 is 19.6 Å². The van der Waals surface area contributed by atoms with Crippen molar-refractivity contribution in [1.82, 2.24) is 0 Å². The number of benzene rings is 1. The van der Waals surface area contributed by atoms with Crippen molar-refractivity contribution < 1.29 is 37.3 Å². The summed E-state index contributed by atoms with van der Waals surface area (Å²) in [6.07, 6.45) is 18.8. The summed E-state index contributed by atoms with van der Waals surface area (Å²) in [5.41, 5.74) is 1.58. The van der Waals surface area contributed by atoms with Gasteiger partial charge in [-0.2, -0.15) is 0 Å². The molecule has 0 radical (unpaired) electrons. The molecule has 1 saturated heterocycles. The Balaban J connectivity index is 1.69. The van der Waals surface area contributed by atoms with Crippen LogP contribution in [-0.2, 0) is 27.9 Å². The second kappa shape index (κ2) is 21.1. The Bertz CT molecular complexity index is 982. The molecular formula is C34H58NO7P. The van der Waals surface area contributed by atoms with Gasteiger partial charge in [0.05, 0.1) is 33.9 Å². The van der Waals surface area contributed by atoms with Gasteiger partial charge in [0, 0.05) is 31.9 Å².